The zero-order valence-corrected chi connectivity index (χ0v) is 17.8. The van der Waals surface area contributed by atoms with Crippen LogP contribution in [-0.4, -0.2) is 39.2 Å². The van der Waals surface area contributed by atoms with Gasteiger partial charge in [0.2, 0.25) is 5.95 Å². The lowest BCUT2D eigenvalue weighted by Crippen LogP contribution is -2.45. The average Bonchev–Trinajstić information content (AvgIpc) is 3.36. The van der Waals surface area contributed by atoms with Gasteiger partial charge in [-0.25, -0.2) is 14.2 Å². The van der Waals surface area contributed by atoms with Gasteiger partial charge in [-0.1, -0.05) is 30.2 Å². The first-order valence-electron chi connectivity index (χ1n) is 10.1. The number of imidazole rings is 1. The van der Waals surface area contributed by atoms with E-state index < -0.39 is 23.5 Å². The Morgan fingerprint density at radius 2 is 1.97 bits per heavy atom. The highest BCUT2D eigenvalue weighted by Crippen LogP contribution is 2.45. The fourth-order valence-electron chi connectivity index (χ4n) is 4.18. The topological polar surface area (TPSA) is 110 Å². The number of halogens is 1. The van der Waals surface area contributed by atoms with E-state index in [1.807, 2.05) is 0 Å². The molecule has 3 aromatic carbocycles. The lowest BCUT2D eigenvalue weighted by Gasteiger charge is -2.35. The van der Waals surface area contributed by atoms with Gasteiger partial charge >= 0.3 is 6.09 Å². The number of carboxylic acid groups (broad SMARTS) is 1. The van der Waals surface area contributed by atoms with E-state index >= 15 is 0 Å². The van der Waals surface area contributed by atoms with Crippen molar-refractivity contribution < 1.29 is 24.2 Å². The molecule has 1 aliphatic rings. The van der Waals surface area contributed by atoms with E-state index in [0.717, 1.165) is 11.0 Å². The van der Waals surface area contributed by atoms with E-state index in [-0.39, 0.29) is 22.8 Å². The van der Waals surface area contributed by atoms with Crippen molar-refractivity contribution in [3.05, 3.63) is 88.7 Å². The van der Waals surface area contributed by atoms with Crippen LogP contribution in [0.1, 0.15) is 27.0 Å². The Kier molecular flexibility index (Phi) is 4.63. The van der Waals surface area contributed by atoms with Gasteiger partial charge in [-0.3, -0.25) is 14.6 Å². The molecular formula is C25H17FN4O4. The van der Waals surface area contributed by atoms with E-state index in [9.17, 15) is 24.2 Å². The summed E-state index contributed by atoms with van der Waals surface area (Å²) in [6.45, 7) is 0. The maximum atomic E-state index is 14.1. The Balaban J connectivity index is 1.72. The van der Waals surface area contributed by atoms with Gasteiger partial charge in [0.1, 0.15) is 5.82 Å². The van der Waals surface area contributed by atoms with Crippen molar-refractivity contribution in [2.75, 3.05) is 16.8 Å². The number of benzene rings is 3. The smallest absolute Gasteiger partial charge is 0.413 e. The first kappa shape index (κ1) is 21.2. The van der Waals surface area contributed by atoms with Crippen LogP contribution in [0.5, 0.6) is 0 Å². The molecule has 0 bridgehead atoms. The van der Waals surface area contributed by atoms with Crippen LogP contribution < -0.4 is 9.80 Å². The summed E-state index contributed by atoms with van der Waals surface area (Å²) < 4.78 is 14.1. The number of carbonyl (C=O) groups is 2. The Bertz CT molecular complexity index is 1540. The van der Waals surface area contributed by atoms with Crippen LogP contribution in [0.4, 0.5) is 20.8 Å². The van der Waals surface area contributed by atoms with Crippen LogP contribution in [0.3, 0.4) is 0 Å². The van der Waals surface area contributed by atoms with Gasteiger partial charge in [0, 0.05) is 29.4 Å². The Morgan fingerprint density at radius 3 is 2.71 bits per heavy atom. The summed E-state index contributed by atoms with van der Waals surface area (Å²) in [6.07, 6.45) is 4.22. The molecule has 0 radical (unpaired) electrons. The van der Waals surface area contributed by atoms with E-state index in [4.69, 9.17) is 6.42 Å². The highest BCUT2D eigenvalue weighted by molar-refractivity contribution is 6.12. The van der Waals surface area contributed by atoms with Crippen LogP contribution in [0.25, 0.3) is 11.0 Å². The minimum atomic E-state index is -1.95. The maximum absolute atomic E-state index is 14.1. The van der Waals surface area contributed by atoms with Crippen molar-refractivity contribution in [1.29, 1.82) is 0 Å². The van der Waals surface area contributed by atoms with Gasteiger partial charge in [-0.15, -0.1) is 6.42 Å². The Hall–Kier alpha value is -4.68. The summed E-state index contributed by atoms with van der Waals surface area (Å²) in [5, 5.41) is 21.3. The highest BCUT2D eigenvalue weighted by Gasteiger charge is 2.50. The lowest BCUT2D eigenvalue weighted by molar-refractivity contribution is 0.0704. The molecule has 9 heteroatoms. The summed E-state index contributed by atoms with van der Waals surface area (Å²) in [4.78, 5) is 34.0. The first-order chi connectivity index (χ1) is 16.3. The number of aromatic amines is 1. The molecule has 1 aliphatic heterocycles. The fourth-order valence-corrected chi connectivity index (χ4v) is 4.18. The lowest BCUT2D eigenvalue weighted by atomic mass is 9.93. The van der Waals surface area contributed by atoms with Gasteiger partial charge in [0.05, 0.1) is 16.6 Å². The minimum absolute atomic E-state index is 0.0472. The number of carbonyl (C=O) groups excluding carboxylic acids is 1. The minimum Gasteiger partial charge on any atom is -0.465 e. The molecular weight excluding hydrogens is 439 g/mol. The predicted molar refractivity (Wildman–Crippen MR) is 123 cm³/mol. The molecule has 0 saturated heterocycles. The second-order valence-electron chi connectivity index (χ2n) is 7.80. The first-order valence-corrected chi connectivity index (χ1v) is 10.1. The molecule has 3 N–H and O–H groups in total. The molecule has 4 aromatic rings. The number of aromatic nitrogens is 2. The molecule has 1 aromatic heterocycles. The monoisotopic (exact) mass is 456 g/mol. The molecule has 0 aliphatic carbocycles. The van der Waals surface area contributed by atoms with Crippen LogP contribution in [0, 0.1) is 18.2 Å². The molecule has 8 nitrogen and oxygen atoms in total. The number of H-pyrrole nitrogens is 1. The zero-order chi connectivity index (χ0) is 24.2. The number of amides is 2. The van der Waals surface area contributed by atoms with Gasteiger partial charge < -0.3 is 15.2 Å². The van der Waals surface area contributed by atoms with Crippen molar-refractivity contribution in [3.8, 4) is 12.3 Å². The summed E-state index contributed by atoms with van der Waals surface area (Å²) >= 11 is 0. The van der Waals surface area contributed by atoms with Crippen molar-refractivity contribution in [1.82, 2.24) is 9.97 Å². The molecule has 2 amide bonds. The van der Waals surface area contributed by atoms with E-state index in [1.54, 1.807) is 42.5 Å². The molecule has 0 fully saturated rings. The number of nitrogens with one attached hydrogen (secondary N) is 1. The number of aliphatic hydroxyl groups is 1. The maximum Gasteiger partial charge on any atom is 0.413 e. The summed E-state index contributed by atoms with van der Waals surface area (Å²) in [7, 11) is 1.35. The van der Waals surface area contributed by atoms with Crippen molar-refractivity contribution in [3.63, 3.8) is 0 Å². The predicted octanol–water partition coefficient (Wildman–Crippen LogP) is 3.65. The largest absolute Gasteiger partial charge is 0.465 e. The normalized spacial score (nSPS) is 17.0. The van der Waals surface area contributed by atoms with Gasteiger partial charge in [-0.2, -0.15) is 0 Å². The molecule has 1 unspecified atom stereocenters. The molecule has 1 atom stereocenters. The average molecular weight is 456 g/mol. The van der Waals surface area contributed by atoms with Crippen LogP contribution in [0.15, 0.2) is 60.7 Å². The Morgan fingerprint density at radius 1 is 1.21 bits per heavy atom. The second-order valence-corrected chi connectivity index (χ2v) is 7.80. The molecule has 0 spiro atoms. The van der Waals surface area contributed by atoms with E-state index in [2.05, 4.69) is 15.9 Å². The van der Waals surface area contributed by atoms with Crippen molar-refractivity contribution in [2.24, 2.45) is 0 Å². The van der Waals surface area contributed by atoms with E-state index in [0.29, 0.717) is 22.2 Å². The molecule has 168 valence electrons. The number of rotatable bonds is 3. The summed E-state index contributed by atoms with van der Waals surface area (Å²) in [5.74, 6) is 1.25. The SMILES string of the molecule is C#Cc1cc(N2C(=O)c3ccccc3C2(O)c2ccc3nc(N(C)C(=O)O)[nH]c3c2)ccc1F. The van der Waals surface area contributed by atoms with Gasteiger partial charge in [-0.05, 0) is 36.4 Å². The van der Waals surface area contributed by atoms with Crippen LogP contribution in [-0.2, 0) is 5.72 Å². The van der Waals surface area contributed by atoms with Gasteiger partial charge in [0.15, 0.2) is 5.72 Å². The third-order valence-corrected chi connectivity index (χ3v) is 5.90. The summed E-state index contributed by atoms with van der Waals surface area (Å²) in [6, 6.07) is 15.3. The molecule has 34 heavy (non-hydrogen) atoms. The van der Waals surface area contributed by atoms with Crippen molar-refractivity contribution in [2.45, 2.75) is 5.72 Å². The summed E-state index contributed by atoms with van der Waals surface area (Å²) in [5.41, 5.74) is 0.0856. The standard InChI is InChI=1S/C25H17FN4O4/c1-3-14-12-16(9-10-19(14)26)30-22(31)17-6-4-5-7-18(17)25(30,34)15-8-11-20-21(13-15)28-23(27-20)29(2)24(32)33/h1,4-13,34H,2H3,(H,27,28)(H,32,33). The number of hydrogen-bond acceptors (Lipinski definition) is 4. The number of nitrogens with zero attached hydrogens (tertiary/aromatic N) is 3. The highest BCUT2D eigenvalue weighted by atomic mass is 19.1. The van der Waals surface area contributed by atoms with Crippen LogP contribution >= 0.6 is 0 Å². The number of hydrogen-bond donors (Lipinski definition) is 3. The zero-order valence-electron chi connectivity index (χ0n) is 17.8. The molecule has 2 heterocycles. The Labute approximate surface area is 192 Å². The van der Waals surface area contributed by atoms with Crippen LogP contribution in [0.2, 0.25) is 0 Å². The molecule has 0 saturated carbocycles. The van der Waals surface area contributed by atoms with E-state index in [1.165, 1.54) is 24.1 Å². The molecule has 5 rings (SSSR count). The third-order valence-electron chi connectivity index (χ3n) is 5.90. The van der Waals surface area contributed by atoms with Gasteiger partial charge in [0.25, 0.3) is 5.91 Å². The number of anilines is 2. The fraction of sp³-hybridized carbons (Fsp3) is 0.0800. The van der Waals surface area contributed by atoms with Crippen molar-refractivity contribution >= 4 is 34.7 Å². The second kappa shape index (κ2) is 7.43. The number of terminal acetylenes is 1. The quantitative estimate of drug-likeness (QED) is 0.408. The number of fused-ring (bicyclic) bond motifs is 2. The third kappa shape index (κ3) is 2.93.